The lowest BCUT2D eigenvalue weighted by Crippen LogP contribution is -2.32. The smallest absolute Gasteiger partial charge is 0.165 e. The molecule has 2 unspecified atom stereocenters. The third-order valence-electron chi connectivity index (χ3n) is 6.63. The van der Waals surface area contributed by atoms with Crippen molar-refractivity contribution >= 4 is 11.9 Å². The summed E-state index contributed by atoms with van der Waals surface area (Å²) in [6, 6.07) is 5.94. The van der Waals surface area contributed by atoms with Crippen LogP contribution in [0.5, 0.6) is 11.5 Å². The molecule has 0 spiro atoms. The number of rotatable bonds is 6. The first-order chi connectivity index (χ1) is 11.8. The fourth-order valence-corrected chi connectivity index (χ4v) is 4.49. The average Bonchev–Trinajstić information content (AvgIpc) is 2.90. The van der Waals surface area contributed by atoms with Gasteiger partial charge in [0.05, 0.1) is 13.7 Å². The fraction of sp³-hybridized carbons (Fsp3) is 0.591. The Bertz CT molecular complexity index is 701. The van der Waals surface area contributed by atoms with Crippen LogP contribution < -0.4 is 9.47 Å². The van der Waals surface area contributed by atoms with Gasteiger partial charge in [-0.25, -0.2) is 0 Å². The van der Waals surface area contributed by atoms with Crippen molar-refractivity contribution in [2.24, 2.45) is 16.7 Å². The van der Waals surface area contributed by atoms with Crippen LogP contribution in [0.2, 0.25) is 0 Å². The number of benzene rings is 1. The van der Waals surface area contributed by atoms with Crippen LogP contribution in [-0.4, -0.2) is 19.5 Å². The molecule has 2 aliphatic rings. The second-order valence-electron chi connectivity index (χ2n) is 8.19. The molecule has 0 radical (unpaired) electrons. The van der Waals surface area contributed by atoms with Crippen LogP contribution in [0.15, 0.2) is 23.8 Å². The lowest BCUT2D eigenvalue weighted by molar-refractivity contribution is -0.125. The van der Waals surface area contributed by atoms with Gasteiger partial charge in [-0.05, 0) is 59.9 Å². The second kappa shape index (κ2) is 6.51. The van der Waals surface area contributed by atoms with Crippen molar-refractivity contribution in [3.8, 4) is 11.5 Å². The van der Waals surface area contributed by atoms with Gasteiger partial charge in [-0.15, -0.1) is 0 Å². The zero-order valence-corrected chi connectivity index (χ0v) is 16.1. The Morgan fingerprint density at radius 1 is 1.24 bits per heavy atom. The van der Waals surface area contributed by atoms with E-state index < -0.39 is 0 Å². The predicted octanol–water partition coefficient (Wildman–Crippen LogP) is 5.28. The first-order valence-electron chi connectivity index (χ1n) is 9.42. The van der Waals surface area contributed by atoms with Crippen LogP contribution in [0, 0.1) is 16.7 Å². The van der Waals surface area contributed by atoms with Crippen molar-refractivity contribution in [2.75, 3.05) is 13.7 Å². The van der Waals surface area contributed by atoms with Crippen LogP contribution in [0.4, 0.5) is 0 Å². The molecular weight excluding hydrogens is 312 g/mol. The maximum atomic E-state index is 13.0. The molecule has 0 heterocycles. The Labute approximate surface area is 151 Å². The van der Waals surface area contributed by atoms with Gasteiger partial charge in [0, 0.05) is 5.41 Å². The van der Waals surface area contributed by atoms with Gasteiger partial charge >= 0.3 is 0 Å². The van der Waals surface area contributed by atoms with E-state index in [1.54, 1.807) is 7.11 Å². The molecule has 3 nitrogen and oxygen atoms in total. The molecule has 136 valence electrons. The summed E-state index contributed by atoms with van der Waals surface area (Å²) >= 11 is 0. The van der Waals surface area contributed by atoms with E-state index in [0.29, 0.717) is 18.3 Å². The molecule has 1 aromatic rings. The fourth-order valence-electron chi connectivity index (χ4n) is 4.49. The van der Waals surface area contributed by atoms with Gasteiger partial charge in [-0.1, -0.05) is 40.2 Å². The molecule has 2 aliphatic carbocycles. The monoisotopic (exact) mass is 342 g/mol. The molecule has 25 heavy (non-hydrogen) atoms. The highest BCUT2D eigenvalue weighted by molar-refractivity contribution is 6.08. The summed E-state index contributed by atoms with van der Waals surface area (Å²) in [6.45, 7) is 9.47. The molecule has 2 atom stereocenters. The van der Waals surface area contributed by atoms with Crippen LogP contribution in [0.1, 0.15) is 58.9 Å². The molecule has 0 saturated heterocycles. The first kappa shape index (κ1) is 18.0. The average molecular weight is 342 g/mol. The lowest BCUT2D eigenvalue weighted by Gasteiger charge is -2.31. The molecule has 0 N–H and O–H groups in total. The minimum absolute atomic E-state index is 0.0448. The first-order valence-corrected chi connectivity index (χ1v) is 9.42. The summed E-state index contributed by atoms with van der Waals surface area (Å²) in [5.74, 6) is 2.18. The number of hydrogen-bond donors (Lipinski definition) is 0. The third kappa shape index (κ3) is 2.78. The number of ether oxygens (including phenoxy) is 2. The summed E-state index contributed by atoms with van der Waals surface area (Å²) < 4.78 is 11.3. The van der Waals surface area contributed by atoms with Crippen LogP contribution >= 0.6 is 0 Å². The highest BCUT2D eigenvalue weighted by Gasteiger charge is 2.63. The Morgan fingerprint density at radius 2 is 2.00 bits per heavy atom. The summed E-state index contributed by atoms with van der Waals surface area (Å²) in [5.41, 5.74) is 1.83. The third-order valence-corrected chi connectivity index (χ3v) is 6.63. The molecule has 0 aliphatic heterocycles. The second-order valence-corrected chi connectivity index (χ2v) is 8.19. The number of carbonyl (C=O) groups excluding carboxylic acids is 1. The van der Waals surface area contributed by atoms with Gasteiger partial charge in [-0.3, -0.25) is 4.79 Å². The Balaban J connectivity index is 1.88. The molecular formula is C22H30O3. The highest BCUT2D eigenvalue weighted by Crippen LogP contribution is 2.65. The van der Waals surface area contributed by atoms with Gasteiger partial charge in [0.15, 0.2) is 17.3 Å². The van der Waals surface area contributed by atoms with Gasteiger partial charge < -0.3 is 9.47 Å². The minimum atomic E-state index is -0.212. The molecule has 0 amide bonds. The number of allylic oxidation sites excluding steroid dienone is 1. The standard InChI is InChI=1S/C22H30O3/c1-6-7-12-25-18-9-8-15(14-19(18)24-5)13-16-17-10-11-22(4,20(16)23)21(17,2)3/h8-9,13-14,17H,6-7,10-12H2,1-5H3. The number of unbranched alkanes of at least 4 members (excludes halogenated alkanes) is 1. The minimum Gasteiger partial charge on any atom is -0.493 e. The number of carbonyl (C=O) groups is 1. The molecule has 0 aromatic heterocycles. The maximum Gasteiger partial charge on any atom is 0.165 e. The highest BCUT2D eigenvalue weighted by atomic mass is 16.5. The summed E-state index contributed by atoms with van der Waals surface area (Å²) in [4.78, 5) is 13.0. The molecule has 2 bridgehead atoms. The van der Waals surface area contributed by atoms with Crippen molar-refractivity contribution in [2.45, 2.75) is 53.4 Å². The van der Waals surface area contributed by atoms with Gasteiger partial charge in [0.25, 0.3) is 0 Å². The summed E-state index contributed by atoms with van der Waals surface area (Å²) in [5, 5.41) is 0. The van der Waals surface area contributed by atoms with E-state index in [4.69, 9.17) is 9.47 Å². The number of hydrogen-bond acceptors (Lipinski definition) is 3. The predicted molar refractivity (Wildman–Crippen MR) is 101 cm³/mol. The molecule has 1 aromatic carbocycles. The van der Waals surface area contributed by atoms with Crippen molar-refractivity contribution in [3.63, 3.8) is 0 Å². The van der Waals surface area contributed by atoms with Crippen molar-refractivity contribution in [1.82, 2.24) is 0 Å². The van der Waals surface area contributed by atoms with E-state index in [1.165, 1.54) is 0 Å². The molecule has 3 rings (SSSR count). The van der Waals surface area contributed by atoms with Gasteiger partial charge in [0.2, 0.25) is 0 Å². The summed E-state index contributed by atoms with van der Waals surface area (Å²) in [6.07, 6.45) is 6.31. The normalized spacial score (nSPS) is 28.6. The molecule has 3 heteroatoms. The van der Waals surface area contributed by atoms with Crippen LogP contribution in [-0.2, 0) is 4.79 Å². The van der Waals surface area contributed by atoms with Gasteiger partial charge in [0.1, 0.15) is 0 Å². The van der Waals surface area contributed by atoms with E-state index in [2.05, 4.69) is 33.8 Å². The van der Waals surface area contributed by atoms with E-state index in [1.807, 2.05) is 18.2 Å². The number of methoxy groups -OCH3 is 1. The quantitative estimate of drug-likeness (QED) is 0.521. The van der Waals surface area contributed by atoms with Crippen LogP contribution in [0.3, 0.4) is 0 Å². The zero-order valence-electron chi connectivity index (χ0n) is 16.1. The molecule has 2 fully saturated rings. The number of Topliss-reactive ketones (excluding diaryl/α,β-unsaturated/α-hetero) is 1. The van der Waals surface area contributed by atoms with E-state index in [9.17, 15) is 4.79 Å². The van der Waals surface area contributed by atoms with E-state index >= 15 is 0 Å². The van der Waals surface area contributed by atoms with E-state index in [-0.39, 0.29) is 10.8 Å². The Morgan fingerprint density at radius 3 is 2.60 bits per heavy atom. The van der Waals surface area contributed by atoms with Crippen LogP contribution in [0.25, 0.3) is 6.08 Å². The number of fused-ring (bicyclic) bond motifs is 2. The van der Waals surface area contributed by atoms with E-state index in [0.717, 1.165) is 48.3 Å². The largest absolute Gasteiger partial charge is 0.493 e. The Hall–Kier alpha value is -1.77. The Kier molecular flexibility index (Phi) is 4.70. The van der Waals surface area contributed by atoms with Crippen molar-refractivity contribution in [3.05, 3.63) is 29.3 Å². The zero-order chi connectivity index (χ0) is 18.2. The lowest BCUT2D eigenvalue weighted by atomic mass is 9.70. The SMILES string of the molecule is CCCCOc1ccc(C=C2C(=O)C3(C)CCC2C3(C)C)cc1OC. The van der Waals surface area contributed by atoms with Gasteiger partial charge in [-0.2, -0.15) is 0 Å². The van der Waals surface area contributed by atoms with Crippen molar-refractivity contribution in [1.29, 1.82) is 0 Å². The maximum absolute atomic E-state index is 13.0. The summed E-state index contributed by atoms with van der Waals surface area (Å²) in [7, 11) is 1.66. The number of ketones is 1. The molecule has 2 saturated carbocycles. The van der Waals surface area contributed by atoms with Crippen molar-refractivity contribution < 1.29 is 14.3 Å². The topological polar surface area (TPSA) is 35.5 Å².